The van der Waals surface area contributed by atoms with E-state index in [1.807, 2.05) is 20.9 Å². The number of nitrogens with two attached hydrogens (primary N) is 1. The number of aryl methyl sites for hydroxylation is 1. The van der Waals surface area contributed by atoms with Crippen LogP contribution in [-0.2, 0) is 7.05 Å². The van der Waals surface area contributed by atoms with E-state index >= 15 is 0 Å². The molecule has 0 saturated carbocycles. The fourth-order valence-electron chi connectivity index (χ4n) is 0.857. The molecule has 0 aromatic carbocycles. The van der Waals surface area contributed by atoms with Gasteiger partial charge in [-0.15, -0.1) is 5.10 Å². The van der Waals surface area contributed by atoms with Crippen LogP contribution in [-0.4, -0.2) is 26.2 Å². The van der Waals surface area contributed by atoms with Crippen LogP contribution in [0.25, 0.3) is 0 Å². The van der Waals surface area contributed by atoms with Crippen LogP contribution >= 0.6 is 0 Å². The van der Waals surface area contributed by atoms with Gasteiger partial charge in [0.05, 0.1) is 0 Å². The highest BCUT2D eigenvalue weighted by Crippen LogP contribution is 2.12. The summed E-state index contributed by atoms with van der Waals surface area (Å²) in [7, 11) is 1.81. The van der Waals surface area contributed by atoms with Crippen molar-refractivity contribution in [2.45, 2.75) is 25.8 Å². The zero-order chi connectivity index (χ0) is 8.43. The molecule has 0 aliphatic rings. The van der Waals surface area contributed by atoms with Gasteiger partial charge in [-0.05, 0) is 17.4 Å². The van der Waals surface area contributed by atoms with Crippen LogP contribution in [0.15, 0.2) is 0 Å². The van der Waals surface area contributed by atoms with Crippen molar-refractivity contribution in [2.24, 2.45) is 12.8 Å². The molecule has 0 fully saturated rings. The lowest BCUT2D eigenvalue weighted by atomic mass is 10.0. The molecule has 2 unspecified atom stereocenters. The quantitative estimate of drug-likeness (QED) is 0.634. The van der Waals surface area contributed by atoms with E-state index in [-0.39, 0.29) is 12.0 Å². The number of hydrogen-bond donors (Lipinski definition) is 1. The van der Waals surface area contributed by atoms with E-state index in [0.29, 0.717) is 0 Å². The van der Waals surface area contributed by atoms with Gasteiger partial charge in [0.25, 0.3) is 0 Å². The molecule has 1 aromatic rings. The summed E-state index contributed by atoms with van der Waals surface area (Å²) in [5.41, 5.74) is 5.69. The van der Waals surface area contributed by atoms with Gasteiger partial charge in [0.2, 0.25) is 0 Å². The van der Waals surface area contributed by atoms with Gasteiger partial charge in [0.1, 0.15) is 0 Å². The second-order valence-corrected chi connectivity index (χ2v) is 2.81. The lowest BCUT2D eigenvalue weighted by Gasteiger charge is -2.12. The minimum atomic E-state index is 0.0831. The van der Waals surface area contributed by atoms with E-state index in [1.54, 1.807) is 4.68 Å². The highest BCUT2D eigenvalue weighted by molar-refractivity contribution is 4.94. The van der Waals surface area contributed by atoms with Crippen molar-refractivity contribution >= 4 is 0 Å². The summed E-state index contributed by atoms with van der Waals surface area (Å²) >= 11 is 0. The maximum atomic E-state index is 5.69. The van der Waals surface area contributed by atoms with Crippen LogP contribution in [0, 0.1) is 0 Å². The average Bonchev–Trinajstić information content (AvgIpc) is 2.33. The summed E-state index contributed by atoms with van der Waals surface area (Å²) in [6.07, 6.45) is 0. The molecular weight excluding hydrogens is 142 g/mol. The Morgan fingerprint density at radius 3 is 2.45 bits per heavy atom. The SMILES string of the molecule is CC(N)C(C)c1nnnn1C. The van der Waals surface area contributed by atoms with Crippen LogP contribution in [0.5, 0.6) is 0 Å². The molecule has 11 heavy (non-hydrogen) atoms. The average molecular weight is 155 g/mol. The first-order valence-electron chi connectivity index (χ1n) is 3.60. The molecule has 2 atom stereocenters. The fourth-order valence-corrected chi connectivity index (χ4v) is 0.857. The molecule has 0 bridgehead atoms. The van der Waals surface area contributed by atoms with E-state index in [0.717, 1.165) is 5.82 Å². The summed E-state index contributed by atoms with van der Waals surface area (Å²) in [4.78, 5) is 0. The van der Waals surface area contributed by atoms with Crippen LogP contribution in [0.2, 0.25) is 0 Å². The van der Waals surface area contributed by atoms with Gasteiger partial charge in [-0.25, -0.2) is 4.68 Å². The van der Waals surface area contributed by atoms with E-state index in [1.165, 1.54) is 0 Å². The summed E-state index contributed by atoms with van der Waals surface area (Å²) in [6.45, 7) is 3.95. The predicted octanol–water partition coefficient (Wildman–Crippen LogP) is -0.339. The fraction of sp³-hybridized carbons (Fsp3) is 0.833. The Morgan fingerprint density at radius 1 is 1.45 bits per heavy atom. The maximum Gasteiger partial charge on any atom is 0.155 e. The van der Waals surface area contributed by atoms with Crippen molar-refractivity contribution in [3.05, 3.63) is 5.82 Å². The summed E-state index contributed by atoms with van der Waals surface area (Å²) in [6, 6.07) is 0.0831. The molecule has 1 aromatic heterocycles. The first-order chi connectivity index (χ1) is 5.13. The van der Waals surface area contributed by atoms with Gasteiger partial charge >= 0.3 is 0 Å². The van der Waals surface area contributed by atoms with Crippen molar-refractivity contribution in [2.75, 3.05) is 0 Å². The van der Waals surface area contributed by atoms with Crippen molar-refractivity contribution in [3.63, 3.8) is 0 Å². The standard InChI is InChI=1S/C6H13N5/c1-4(5(2)7)6-8-9-10-11(6)3/h4-5H,7H2,1-3H3. The Balaban J connectivity index is 2.84. The molecule has 62 valence electrons. The van der Waals surface area contributed by atoms with Crippen LogP contribution < -0.4 is 5.73 Å². The molecule has 0 amide bonds. The Kier molecular flexibility index (Phi) is 2.19. The molecule has 2 N–H and O–H groups in total. The third kappa shape index (κ3) is 1.54. The number of nitrogens with zero attached hydrogens (tertiary/aromatic N) is 4. The molecule has 0 aliphatic carbocycles. The van der Waals surface area contributed by atoms with Gasteiger partial charge < -0.3 is 5.73 Å². The monoisotopic (exact) mass is 155 g/mol. The lowest BCUT2D eigenvalue weighted by Crippen LogP contribution is -2.24. The first-order valence-corrected chi connectivity index (χ1v) is 3.60. The Morgan fingerprint density at radius 2 is 2.09 bits per heavy atom. The third-order valence-electron chi connectivity index (χ3n) is 1.85. The van der Waals surface area contributed by atoms with Crippen molar-refractivity contribution in [1.82, 2.24) is 20.2 Å². The topological polar surface area (TPSA) is 69.6 Å². The smallest absolute Gasteiger partial charge is 0.155 e. The van der Waals surface area contributed by atoms with Crippen LogP contribution in [0.4, 0.5) is 0 Å². The van der Waals surface area contributed by atoms with Crippen molar-refractivity contribution in [3.8, 4) is 0 Å². The molecular formula is C6H13N5. The van der Waals surface area contributed by atoms with Crippen molar-refractivity contribution < 1.29 is 0 Å². The molecule has 0 radical (unpaired) electrons. The Labute approximate surface area is 65.6 Å². The molecule has 5 heteroatoms. The van der Waals surface area contributed by atoms with Gasteiger partial charge in [0.15, 0.2) is 5.82 Å². The van der Waals surface area contributed by atoms with Gasteiger partial charge in [-0.1, -0.05) is 6.92 Å². The Hall–Kier alpha value is -0.970. The largest absolute Gasteiger partial charge is 0.327 e. The highest BCUT2D eigenvalue weighted by Gasteiger charge is 2.15. The molecule has 1 heterocycles. The van der Waals surface area contributed by atoms with Crippen LogP contribution in [0.3, 0.4) is 0 Å². The van der Waals surface area contributed by atoms with Crippen LogP contribution in [0.1, 0.15) is 25.6 Å². The molecule has 0 spiro atoms. The van der Waals surface area contributed by atoms with Gasteiger partial charge in [0, 0.05) is 19.0 Å². The van der Waals surface area contributed by atoms with Crippen molar-refractivity contribution in [1.29, 1.82) is 0 Å². The first kappa shape index (κ1) is 8.13. The summed E-state index contributed by atoms with van der Waals surface area (Å²) in [5.74, 6) is 1.04. The van der Waals surface area contributed by atoms with E-state index < -0.39 is 0 Å². The molecule has 5 nitrogen and oxygen atoms in total. The van der Waals surface area contributed by atoms with E-state index in [9.17, 15) is 0 Å². The highest BCUT2D eigenvalue weighted by atomic mass is 15.5. The summed E-state index contributed by atoms with van der Waals surface area (Å²) in [5, 5.41) is 11.1. The normalized spacial score (nSPS) is 16.4. The third-order valence-corrected chi connectivity index (χ3v) is 1.85. The number of tetrazole rings is 1. The number of hydrogen-bond acceptors (Lipinski definition) is 4. The number of rotatable bonds is 2. The lowest BCUT2D eigenvalue weighted by molar-refractivity contribution is 0.546. The Bertz CT molecular complexity index is 229. The van der Waals surface area contributed by atoms with Gasteiger partial charge in [-0.2, -0.15) is 0 Å². The van der Waals surface area contributed by atoms with E-state index in [2.05, 4.69) is 15.5 Å². The second-order valence-electron chi connectivity index (χ2n) is 2.81. The van der Waals surface area contributed by atoms with E-state index in [4.69, 9.17) is 5.73 Å². The zero-order valence-corrected chi connectivity index (χ0v) is 7.02. The number of aromatic nitrogens is 4. The second kappa shape index (κ2) is 2.96. The molecule has 0 saturated heterocycles. The van der Waals surface area contributed by atoms with Gasteiger partial charge in [-0.3, -0.25) is 0 Å². The maximum absolute atomic E-state index is 5.69. The molecule has 1 rings (SSSR count). The minimum Gasteiger partial charge on any atom is -0.327 e. The molecule has 0 aliphatic heterocycles. The minimum absolute atomic E-state index is 0.0831. The predicted molar refractivity (Wildman–Crippen MR) is 40.9 cm³/mol. The summed E-state index contributed by atoms with van der Waals surface area (Å²) < 4.78 is 1.65. The zero-order valence-electron chi connectivity index (χ0n) is 7.02.